The van der Waals surface area contributed by atoms with E-state index >= 15 is 0 Å². The number of pyridine rings is 1. The molecule has 0 aliphatic carbocycles. The van der Waals surface area contributed by atoms with E-state index in [2.05, 4.69) is 25.7 Å². The first-order valence-corrected chi connectivity index (χ1v) is 3.94. The fourth-order valence-corrected chi connectivity index (χ4v) is 0.950. The number of amides is 1. The number of rotatable bonds is 2. The van der Waals surface area contributed by atoms with Gasteiger partial charge in [0.1, 0.15) is 5.82 Å². The normalized spacial score (nSPS) is 9.71. The Kier molecular flexibility index (Phi) is 2.18. The van der Waals surface area contributed by atoms with Gasteiger partial charge in [-0.2, -0.15) is 0 Å². The first-order chi connectivity index (χ1) is 6.86. The van der Waals surface area contributed by atoms with E-state index < -0.39 is 0 Å². The van der Waals surface area contributed by atoms with Crippen molar-refractivity contribution < 1.29 is 4.79 Å². The molecule has 6 nitrogen and oxygen atoms in total. The van der Waals surface area contributed by atoms with Crippen LogP contribution >= 0.6 is 0 Å². The maximum Gasteiger partial charge on any atom is 0.258 e. The lowest BCUT2D eigenvalue weighted by atomic mass is 10.3. The summed E-state index contributed by atoms with van der Waals surface area (Å²) in [7, 11) is 0. The number of carbonyl (C=O) groups excluding carboxylic acids is 1. The molecule has 0 atom stereocenters. The van der Waals surface area contributed by atoms with Crippen LogP contribution in [0.5, 0.6) is 0 Å². The summed E-state index contributed by atoms with van der Waals surface area (Å²) in [5.74, 6) is 0.211. The van der Waals surface area contributed by atoms with E-state index in [1.807, 2.05) is 0 Å². The van der Waals surface area contributed by atoms with Crippen LogP contribution in [-0.4, -0.2) is 26.3 Å². The third-order valence-electron chi connectivity index (χ3n) is 1.59. The van der Waals surface area contributed by atoms with E-state index in [9.17, 15) is 4.79 Å². The van der Waals surface area contributed by atoms with E-state index in [4.69, 9.17) is 0 Å². The fourth-order valence-electron chi connectivity index (χ4n) is 0.950. The second-order valence-corrected chi connectivity index (χ2v) is 2.57. The molecule has 2 rings (SSSR count). The maximum absolute atomic E-state index is 11.5. The number of aromatic nitrogens is 4. The number of nitrogens with zero attached hydrogens (tertiary/aromatic N) is 3. The zero-order chi connectivity index (χ0) is 9.80. The number of aromatic amines is 1. The number of H-pyrrole nitrogens is 1. The number of nitrogens with one attached hydrogen (secondary N) is 2. The van der Waals surface area contributed by atoms with Crippen LogP contribution in [0.25, 0.3) is 0 Å². The Hall–Kier alpha value is -2.24. The van der Waals surface area contributed by atoms with Gasteiger partial charge in [0.05, 0.1) is 11.8 Å². The second kappa shape index (κ2) is 3.65. The SMILES string of the molecule is O=C(Nc1cnn[nH]1)c1cccnc1. The lowest BCUT2D eigenvalue weighted by Crippen LogP contribution is -2.12. The predicted octanol–water partition coefficient (Wildman–Crippen LogP) is 0.452. The zero-order valence-corrected chi connectivity index (χ0v) is 7.14. The lowest BCUT2D eigenvalue weighted by Gasteiger charge is -1.99. The molecule has 0 spiro atoms. The van der Waals surface area contributed by atoms with Crippen molar-refractivity contribution in [2.45, 2.75) is 0 Å². The predicted molar refractivity (Wildman–Crippen MR) is 48.6 cm³/mol. The molecule has 0 saturated carbocycles. The number of hydrogen-bond donors (Lipinski definition) is 2. The first-order valence-electron chi connectivity index (χ1n) is 3.94. The van der Waals surface area contributed by atoms with Crippen LogP contribution in [-0.2, 0) is 0 Å². The standard InChI is InChI=1S/C8H7N5O/c14-8(6-2-1-3-9-4-6)11-7-5-10-13-12-7/h1-5H,(H2,10,11,12,13,14). The second-order valence-electron chi connectivity index (χ2n) is 2.57. The molecule has 2 aromatic rings. The van der Waals surface area contributed by atoms with Crippen LogP contribution in [0.4, 0.5) is 5.82 Å². The Morgan fingerprint density at radius 3 is 3.00 bits per heavy atom. The Bertz CT molecular complexity index is 411. The van der Waals surface area contributed by atoms with Gasteiger partial charge < -0.3 is 5.32 Å². The molecule has 0 aromatic carbocycles. The summed E-state index contributed by atoms with van der Waals surface area (Å²) in [6.07, 6.45) is 4.52. The summed E-state index contributed by atoms with van der Waals surface area (Å²) in [5.41, 5.74) is 0.488. The summed E-state index contributed by atoms with van der Waals surface area (Å²) in [5, 5.41) is 12.1. The average molecular weight is 189 g/mol. The molecule has 70 valence electrons. The molecule has 2 aromatic heterocycles. The summed E-state index contributed by atoms with van der Waals surface area (Å²) in [4.78, 5) is 15.3. The van der Waals surface area contributed by atoms with Crippen molar-refractivity contribution in [2.75, 3.05) is 5.32 Å². The van der Waals surface area contributed by atoms with Gasteiger partial charge in [0.15, 0.2) is 0 Å². The molecule has 0 saturated heterocycles. The zero-order valence-electron chi connectivity index (χ0n) is 7.14. The van der Waals surface area contributed by atoms with E-state index in [1.54, 1.807) is 18.3 Å². The molecule has 1 amide bonds. The third kappa shape index (κ3) is 1.74. The molecular formula is C8H7N5O. The number of hydrogen-bond acceptors (Lipinski definition) is 4. The quantitative estimate of drug-likeness (QED) is 0.718. The minimum atomic E-state index is -0.246. The van der Waals surface area contributed by atoms with Crippen molar-refractivity contribution in [1.29, 1.82) is 0 Å². The smallest absolute Gasteiger partial charge is 0.258 e. The van der Waals surface area contributed by atoms with Gasteiger partial charge in [-0.3, -0.25) is 9.78 Å². The van der Waals surface area contributed by atoms with Crippen LogP contribution in [0.3, 0.4) is 0 Å². The van der Waals surface area contributed by atoms with Gasteiger partial charge in [0.25, 0.3) is 5.91 Å². The summed E-state index contributed by atoms with van der Waals surface area (Å²) >= 11 is 0. The van der Waals surface area contributed by atoms with Crippen LogP contribution in [0.15, 0.2) is 30.7 Å². The minimum absolute atomic E-state index is 0.246. The van der Waals surface area contributed by atoms with Crippen LogP contribution in [0.1, 0.15) is 10.4 Å². The van der Waals surface area contributed by atoms with Crippen molar-refractivity contribution in [3.05, 3.63) is 36.3 Å². The Labute approximate surface area is 79.4 Å². The summed E-state index contributed by atoms with van der Waals surface area (Å²) < 4.78 is 0. The van der Waals surface area contributed by atoms with E-state index in [-0.39, 0.29) is 5.91 Å². The Morgan fingerprint density at radius 1 is 1.43 bits per heavy atom. The highest BCUT2D eigenvalue weighted by Gasteiger charge is 2.05. The van der Waals surface area contributed by atoms with Crippen molar-refractivity contribution in [1.82, 2.24) is 20.4 Å². The third-order valence-corrected chi connectivity index (χ3v) is 1.59. The van der Waals surface area contributed by atoms with Crippen LogP contribution < -0.4 is 5.32 Å². The van der Waals surface area contributed by atoms with Crippen LogP contribution in [0.2, 0.25) is 0 Å². The van der Waals surface area contributed by atoms with Gasteiger partial charge in [-0.15, -0.1) is 5.10 Å². The van der Waals surface area contributed by atoms with Gasteiger partial charge in [0, 0.05) is 12.4 Å². The maximum atomic E-state index is 11.5. The molecule has 2 heterocycles. The fraction of sp³-hybridized carbons (Fsp3) is 0. The van der Waals surface area contributed by atoms with Gasteiger partial charge in [-0.1, -0.05) is 5.21 Å². The molecule has 6 heteroatoms. The van der Waals surface area contributed by atoms with Gasteiger partial charge in [-0.25, -0.2) is 5.10 Å². The molecule has 0 unspecified atom stereocenters. The Morgan fingerprint density at radius 2 is 2.36 bits per heavy atom. The van der Waals surface area contributed by atoms with Crippen LogP contribution in [0, 0.1) is 0 Å². The van der Waals surface area contributed by atoms with Gasteiger partial charge >= 0.3 is 0 Å². The lowest BCUT2D eigenvalue weighted by molar-refractivity contribution is 0.102. The van der Waals surface area contributed by atoms with Crippen molar-refractivity contribution in [2.24, 2.45) is 0 Å². The number of carbonyl (C=O) groups is 1. The molecule has 0 fully saturated rings. The van der Waals surface area contributed by atoms with Crippen molar-refractivity contribution >= 4 is 11.7 Å². The molecular weight excluding hydrogens is 182 g/mol. The van der Waals surface area contributed by atoms with Gasteiger partial charge in [0.2, 0.25) is 0 Å². The monoisotopic (exact) mass is 189 g/mol. The summed E-state index contributed by atoms with van der Waals surface area (Å²) in [6, 6.07) is 3.37. The van der Waals surface area contributed by atoms with E-state index in [0.717, 1.165) is 0 Å². The van der Waals surface area contributed by atoms with Gasteiger partial charge in [-0.05, 0) is 12.1 Å². The topological polar surface area (TPSA) is 83.6 Å². The minimum Gasteiger partial charge on any atom is -0.306 e. The molecule has 0 bridgehead atoms. The highest BCUT2D eigenvalue weighted by molar-refractivity contribution is 6.03. The molecule has 2 N–H and O–H groups in total. The first kappa shape index (κ1) is 8.36. The highest BCUT2D eigenvalue weighted by Crippen LogP contribution is 2.01. The Balaban J connectivity index is 2.11. The molecule has 0 aliphatic rings. The van der Waals surface area contributed by atoms with E-state index in [1.165, 1.54) is 12.4 Å². The molecule has 0 aliphatic heterocycles. The van der Waals surface area contributed by atoms with E-state index in [0.29, 0.717) is 11.4 Å². The molecule has 0 radical (unpaired) electrons. The summed E-state index contributed by atoms with van der Waals surface area (Å²) in [6.45, 7) is 0. The molecule has 14 heavy (non-hydrogen) atoms. The number of anilines is 1. The highest BCUT2D eigenvalue weighted by atomic mass is 16.1. The largest absolute Gasteiger partial charge is 0.306 e. The average Bonchev–Trinajstić information content (AvgIpc) is 2.72. The van der Waals surface area contributed by atoms with Crippen molar-refractivity contribution in [3.63, 3.8) is 0 Å². The van der Waals surface area contributed by atoms with Crippen molar-refractivity contribution in [3.8, 4) is 0 Å².